The first-order valence-corrected chi connectivity index (χ1v) is 11.6. The molecule has 0 bridgehead atoms. The van der Waals surface area contributed by atoms with Gasteiger partial charge in [0.2, 0.25) is 11.9 Å². The second kappa shape index (κ2) is 8.99. The molecule has 5 rings (SSSR count). The molecule has 2 aliphatic heterocycles. The number of piperidine rings is 1. The number of carbonyl (C=O) groups excluding carboxylic acids is 1. The highest BCUT2D eigenvalue weighted by Gasteiger charge is 2.38. The van der Waals surface area contributed by atoms with Gasteiger partial charge in [0.15, 0.2) is 5.82 Å². The van der Waals surface area contributed by atoms with Gasteiger partial charge >= 0.3 is 0 Å². The molecule has 3 aromatic heterocycles. The van der Waals surface area contributed by atoms with E-state index in [4.69, 9.17) is 4.98 Å². The number of hydrogen-bond acceptors (Lipinski definition) is 8. The SMILES string of the molecule is CC(C)n1cnc(Nc2nc(N3C[C@@H](O)CC3C(=O)NC3CCCNC3)nn3cccc23)c1. The van der Waals surface area contributed by atoms with E-state index in [1.54, 1.807) is 15.7 Å². The van der Waals surface area contributed by atoms with Gasteiger partial charge in [-0.15, -0.1) is 5.10 Å². The highest BCUT2D eigenvalue weighted by molar-refractivity contribution is 5.86. The van der Waals surface area contributed by atoms with Crippen molar-refractivity contribution in [1.82, 2.24) is 34.8 Å². The van der Waals surface area contributed by atoms with E-state index in [2.05, 4.69) is 39.9 Å². The Morgan fingerprint density at radius 1 is 1.36 bits per heavy atom. The van der Waals surface area contributed by atoms with E-state index in [1.165, 1.54) is 0 Å². The first kappa shape index (κ1) is 21.7. The summed E-state index contributed by atoms with van der Waals surface area (Å²) in [5.74, 6) is 1.57. The lowest BCUT2D eigenvalue weighted by Gasteiger charge is -2.28. The largest absolute Gasteiger partial charge is 0.391 e. The Hall–Kier alpha value is -3.18. The van der Waals surface area contributed by atoms with E-state index in [1.807, 2.05) is 29.1 Å². The van der Waals surface area contributed by atoms with Crippen molar-refractivity contribution in [3.05, 3.63) is 30.9 Å². The third-order valence-corrected chi connectivity index (χ3v) is 6.31. The number of aromatic nitrogens is 5. The molecule has 3 atom stereocenters. The number of rotatable bonds is 6. The van der Waals surface area contributed by atoms with Gasteiger partial charge in [0.1, 0.15) is 17.4 Å². The maximum Gasteiger partial charge on any atom is 0.246 e. The fraction of sp³-hybridized carbons (Fsp3) is 0.545. The van der Waals surface area contributed by atoms with Gasteiger partial charge in [-0.3, -0.25) is 4.79 Å². The van der Waals surface area contributed by atoms with Crippen LogP contribution in [0.15, 0.2) is 30.9 Å². The highest BCUT2D eigenvalue weighted by atomic mass is 16.3. The molecule has 2 saturated heterocycles. The van der Waals surface area contributed by atoms with Gasteiger partial charge < -0.3 is 30.5 Å². The van der Waals surface area contributed by atoms with Crippen molar-refractivity contribution in [2.75, 3.05) is 29.9 Å². The highest BCUT2D eigenvalue weighted by Crippen LogP contribution is 2.27. The van der Waals surface area contributed by atoms with Crippen LogP contribution in [0.25, 0.3) is 5.52 Å². The molecule has 2 aliphatic rings. The number of fused-ring (bicyclic) bond motifs is 1. The maximum absolute atomic E-state index is 13.1. The molecule has 0 spiro atoms. The maximum atomic E-state index is 13.1. The lowest BCUT2D eigenvalue weighted by molar-refractivity contribution is -0.123. The van der Waals surface area contributed by atoms with Crippen molar-refractivity contribution in [2.45, 2.75) is 57.3 Å². The molecule has 0 radical (unpaired) electrons. The van der Waals surface area contributed by atoms with Gasteiger partial charge in [-0.25, -0.2) is 9.50 Å². The predicted molar refractivity (Wildman–Crippen MR) is 125 cm³/mol. The molecule has 0 saturated carbocycles. The molecule has 2 unspecified atom stereocenters. The Balaban J connectivity index is 1.42. The number of aliphatic hydroxyl groups is 1. The average Bonchev–Trinajstić information content (AvgIpc) is 3.53. The van der Waals surface area contributed by atoms with E-state index in [0.29, 0.717) is 36.6 Å². The number of aliphatic hydroxyl groups excluding tert-OH is 1. The standard InChI is InChI=1S/C22H31N9O2/c1-14(2)29-12-19(24-13-29)26-20-17-6-4-8-31(17)28-22(27-20)30-11-16(32)9-18(30)21(33)25-15-5-3-7-23-10-15/h4,6,8,12-16,18,23,32H,3,5,7,9-11H2,1-2H3,(H,25,33)(H,26,27,28)/t15?,16-,18?/m0/s1. The van der Waals surface area contributed by atoms with Crippen LogP contribution in [0.5, 0.6) is 0 Å². The van der Waals surface area contributed by atoms with E-state index < -0.39 is 12.1 Å². The summed E-state index contributed by atoms with van der Waals surface area (Å²) in [6.45, 7) is 6.23. The van der Waals surface area contributed by atoms with Gasteiger partial charge in [-0.2, -0.15) is 4.98 Å². The Bertz CT molecular complexity index is 1120. The van der Waals surface area contributed by atoms with E-state index in [9.17, 15) is 9.90 Å². The second-order valence-corrected chi connectivity index (χ2v) is 9.13. The molecule has 0 aliphatic carbocycles. The summed E-state index contributed by atoms with van der Waals surface area (Å²) in [6, 6.07) is 3.69. The van der Waals surface area contributed by atoms with Crippen LogP contribution < -0.4 is 20.9 Å². The van der Waals surface area contributed by atoms with Gasteiger partial charge in [0, 0.05) is 44.0 Å². The summed E-state index contributed by atoms with van der Waals surface area (Å²) < 4.78 is 3.74. The smallest absolute Gasteiger partial charge is 0.246 e. The van der Waals surface area contributed by atoms with Gasteiger partial charge in [0.05, 0.1) is 12.4 Å². The lowest BCUT2D eigenvalue weighted by atomic mass is 10.1. The van der Waals surface area contributed by atoms with Gasteiger partial charge in [0.25, 0.3) is 0 Å². The minimum absolute atomic E-state index is 0.0957. The molecule has 11 nitrogen and oxygen atoms in total. The molecule has 11 heteroatoms. The number of amides is 1. The number of carbonyl (C=O) groups is 1. The third kappa shape index (κ3) is 4.51. The third-order valence-electron chi connectivity index (χ3n) is 6.31. The van der Waals surface area contributed by atoms with Crippen LogP contribution in [0.3, 0.4) is 0 Å². The molecule has 0 aromatic carbocycles. The lowest BCUT2D eigenvalue weighted by Crippen LogP contribution is -2.51. The number of anilines is 3. The molecule has 176 valence electrons. The van der Waals surface area contributed by atoms with Crippen LogP contribution in [-0.4, -0.2) is 73.0 Å². The summed E-state index contributed by atoms with van der Waals surface area (Å²) in [6.07, 6.45) is 7.27. The van der Waals surface area contributed by atoms with E-state index >= 15 is 0 Å². The molecule has 33 heavy (non-hydrogen) atoms. The van der Waals surface area contributed by atoms with Crippen molar-refractivity contribution in [2.24, 2.45) is 0 Å². The zero-order valence-electron chi connectivity index (χ0n) is 19.0. The van der Waals surface area contributed by atoms with Crippen LogP contribution >= 0.6 is 0 Å². The quantitative estimate of drug-likeness (QED) is 0.437. The van der Waals surface area contributed by atoms with Gasteiger partial charge in [-0.05, 0) is 45.4 Å². The van der Waals surface area contributed by atoms with Crippen molar-refractivity contribution in [3.8, 4) is 0 Å². The summed E-state index contributed by atoms with van der Waals surface area (Å²) >= 11 is 0. The summed E-state index contributed by atoms with van der Waals surface area (Å²) in [7, 11) is 0. The first-order valence-electron chi connectivity index (χ1n) is 11.6. The Morgan fingerprint density at radius 3 is 3.00 bits per heavy atom. The topological polar surface area (TPSA) is 125 Å². The Morgan fingerprint density at radius 2 is 2.24 bits per heavy atom. The van der Waals surface area contributed by atoms with E-state index in [-0.39, 0.29) is 11.9 Å². The Kier molecular flexibility index (Phi) is 5.90. The van der Waals surface area contributed by atoms with Crippen LogP contribution in [0.2, 0.25) is 0 Å². The number of β-amino-alcohol motifs (C(OH)–C–C–N with tert-alkyl or cyclic N) is 1. The summed E-state index contributed by atoms with van der Waals surface area (Å²) in [5.41, 5.74) is 0.798. The molecule has 4 N–H and O–H groups in total. The molecule has 2 fully saturated rings. The summed E-state index contributed by atoms with van der Waals surface area (Å²) in [4.78, 5) is 24.1. The van der Waals surface area contributed by atoms with Crippen LogP contribution in [0.4, 0.5) is 17.6 Å². The molecule has 1 amide bonds. The fourth-order valence-corrected chi connectivity index (χ4v) is 4.50. The zero-order chi connectivity index (χ0) is 22.9. The minimum Gasteiger partial charge on any atom is -0.391 e. The number of hydrogen-bond donors (Lipinski definition) is 4. The predicted octanol–water partition coefficient (Wildman–Crippen LogP) is 1.06. The van der Waals surface area contributed by atoms with Crippen LogP contribution in [0, 0.1) is 0 Å². The van der Waals surface area contributed by atoms with Crippen molar-refractivity contribution in [1.29, 1.82) is 0 Å². The minimum atomic E-state index is -0.618. The normalized spacial score (nSPS) is 23.4. The number of nitrogens with zero attached hydrogens (tertiary/aromatic N) is 6. The molecular weight excluding hydrogens is 422 g/mol. The first-order chi connectivity index (χ1) is 16.0. The summed E-state index contributed by atoms with van der Waals surface area (Å²) in [5, 5.41) is 24.8. The average molecular weight is 454 g/mol. The van der Waals surface area contributed by atoms with Crippen molar-refractivity contribution >= 4 is 29.0 Å². The van der Waals surface area contributed by atoms with Gasteiger partial charge in [-0.1, -0.05) is 0 Å². The van der Waals surface area contributed by atoms with Crippen molar-refractivity contribution in [3.63, 3.8) is 0 Å². The van der Waals surface area contributed by atoms with Crippen LogP contribution in [-0.2, 0) is 4.79 Å². The molecule has 5 heterocycles. The number of nitrogens with one attached hydrogen (secondary N) is 3. The van der Waals surface area contributed by atoms with E-state index in [0.717, 1.165) is 31.4 Å². The zero-order valence-corrected chi connectivity index (χ0v) is 19.0. The Labute approximate surface area is 192 Å². The fourth-order valence-electron chi connectivity index (χ4n) is 4.50. The molecule has 3 aromatic rings. The second-order valence-electron chi connectivity index (χ2n) is 9.13. The number of imidazole rings is 1. The monoisotopic (exact) mass is 453 g/mol. The van der Waals surface area contributed by atoms with Crippen molar-refractivity contribution < 1.29 is 9.90 Å². The molecular formula is C22H31N9O2. The van der Waals surface area contributed by atoms with Crippen LogP contribution in [0.1, 0.15) is 39.2 Å².